The minimum atomic E-state index is -0.975. The van der Waals surface area contributed by atoms with Crippen LogP contribution in [-0.4, -0.2) is 58.5 Å². The molecule has 106 valence electrons. The molecule has 0 aliphatic heterocycles. The maximum atomic E-state index is 11.2. The molecule has 0 unspecified atom stereocenters. The number of methoxy groups -OCH3 is 1. The molecule has 0 bridgehead atoms. The van der Waals surface area contributed by atoms with Crippen LogP contribution >= 0.6 is 0 Å². The molecule has 1 aromatic heterocycles. The fourth-order valence-corrected chi connectivity index (χ4v) is 1.79. The van der Waals surface area contributed by atoms with Gasteiger partial charge in [-0.25, -0.2) is 0 Å². The van der Waals surface area contributed by atoms with E-state index < -0.39 is 11.9 Å². The van der Waals surface area contributed by atoms with Gasteiger partial charge in [0.2, 0.25) is 0 Å². The Hall–Kier alpha value is -1.89. The first-order valence-corrected chi connectivity index (χ1v) is 5.94. The summed E-state index contributed by atoms with van der Waals surface area (Å²) in [5.41, 5.74) is 1.92. The van der Waals surface area contributed by atoms with E-state index in [-0.39, 0.29) is 13.1 Å². The van der Waals surface area contributed by atoms with E-state index in [0.29, 0.717) is 13.1 Å². The molecule has 0 atom stereocenters. The van der Waals surface area contributed by atoms with E-state index in [1.165, 1.54) is 12.0 Å². The standard InChI is InChI=1S/C12H19N3O4/c1-9-6-10(2)15(13-9)5-4-14(7-11(16)17)8-12(18)19-3/h6H,4-5,7-8H2,1-3H3,(H,16,17). The van der Waals surface area contributed by atoms with Crippen LogP contribution in [0.3, 0.4) is 0 Å². The summed E-state index contributed by atoms with van der Waals surface area (Å²) >= 11 is 0. The van der Waals surface area contributed by atoms with Crippen LogP contribution in [0.2, 0.25) is 0 Å². The van der Waals surface area contributed by atoms with E-state index in [9.17, 15) is 9.59 Å². The number of carbonyl (C=O) groups is 2. The van der Waals surface area contributed by atoms with E-state index in [1.807, 2.05) is 19.9 Å². The molecule has 1 heterocycles. The van der Waals surface area contributed by atoms with Gasteiger partial charge in [-0.2, -0.15) is 5.10 Å². The molecule has 0 saturated carbocycles. The average Bonchev–Trinajstić information content (AvgIpc) is 2.64. The number of hydrogen-bond acceptors (Lipinski definition) is 5. The minimum absolute atomic E-state index is 0.0396. The zero-order valence-corrected chi connectivity index (χ0v) is 11.4. The Labute approximate surface area is 111 Å². The summed E-state index contributed by atoms with van der Waals surface area (Å²) in [5.74, 6) is -1.42. The van der Waals surface area contributed by atoms with Gasteiger partial charge in [0.15, 0.2) is 0 Å². The molecule has 0 aliphatic carbocycles. The molecule has 0 radical (unpaired) electrons. The fraction of sp³-hybridized carbons (Fsp3) is 0.583. The topological polar surface area (TPSA) is 84.7 Å². The van der Waals surface area contributed by atoms with Crippen molar-refractivity contribution in [2.75, 3.05) is 26.7 Å². The quantitative estimate of drug-likeness (QED) is 0.705. The number of aliphatic carboxylic acids is 1. The summed E-state index contributed by atoms with van der Waals surface area (Å²) in [5, 5.41) is 13.1. The molecular formula is C12H19N3O4. The summed E-state index contributed by atoms with van der Waals surface area (Å²) in [7, 11) is 1.28. The van der Waals surface area contributed by atoms with E-state index >= 15 is 0 Å². The molecular weight excluding hydrogens is 250 g/mol. The third kappa shape index (κ3) is 5.09. The zero-order valence-electron chi connectivity index (χ0n) is 11.4. The van der Waals surface area contributed by atoms with Gasteiger partial charge in [-0.1, -0.05) is 0 Å². The van der Waals surface area contributed by atoms with Crippen LogP contribution in [-0.2, 0) is 20.9 Å². The largest absolute Gasteiger partial charge is 0.480 e. The van der Waals surface area contributed by atoms with Gasteiger partial charge in [-0.15, -0.1) is 0 Å². The zero-order chi connectivity index (χ0) is 14.4. The molecule has 19 heavy (non-hydrogen) atoms. The lowest BCUT2D eigenvalue weighted by molar-refractivity contribution is -0.144. The summed E-state index contributed by atoms with van der Waals surface area (Å²) in [6.07, 6.45) is 0. The van der Waals surface area contributed by atoms with Gasteiger partial charge in [-0.05, 0) is 19.9 Å². The molecule has 0 saturated heterocycles. The van der Waals surface area contributed by atoms with Crippen LogP contribution < -0.4 is 0 Å². The average molecular weight is 269 g/mol. The summed E-state index contributed by atoms with van der Waals surface area (Å²) in [6, 6.07) is 1.95. The van der Waals surface area contributed by atoms with Crippen molar-refractivity contribution < 1.29 is 19.4 Å². The lowest BCUT2D eigenvalue weighted by atomic mass is 10.4. The molecule has 0 amide bonds. The summed E-state index contributed by atoms with van der Waals surface area (Å²) < 4.78 is 6.34. The van der Waals surface area contributed by atoms with Gasteiger partial charge in [0.05, 0.1) is 32.4 Å². The van der Waals surface area contributed by atoms with Gasteiger partial charge in [0.1, 0.15) is 0 Å². The summed E-state index contributed by atoms with van der Waals surface area (Å²) in [4.78, 5) is 23.5. The second-order valence-electron chi connectivity index (χ2n) is 4.33. The predicted octanol–water partition coefficient (Wildman–Crippen LogP) is 0.0595. The Balaban J connectivity index is 2.59. The maximum absolute atomic E-state index is 11.2. The van der Waals surface area contributed by atoms with E-state index in [1.54, 1.807) is 4.68 Å². The molecule has 7 heteroatoms. The van der Waals surface area contributed by atoms with Gasteiger partial charge < -0.3 is 9.84 Å². The second kappa shape index (κ2) is 6.89. The first kappa shape index (κ1) is 15.2. The van der Waals surface area contributed by atoms with E-state index in [2.05, 4.69) is 9.84 Å². The monoisotopic (exact) mass is 269 g/mol. The number of aromatic nitrogens is 2. The highest BCUT2D eigenvalue weighted by Gasteiger charge is 2.14. The van der Waals surface area contributed by atoms with Crippen molar-refractivity contribution in [3.05, 3.63) is 17.5 Å². The van der Waals surface area contributed by atoms with Crippen molar-refractivity contribution in [1.82, 2.24) is 14.7 Å². The maximum Gasteiger partial charge on any atom is 0.319 e. The Kier molecular flexibility index (Phi) is 5.50. The van der Waals surface area contributed by atoms with Crippen molar-refractivity contribution >= 4 is 11.9 Å². The molecule has 1 aromatic rings. The highest BCUT2D eigenvalue weighted by Crippen LogP contribution is 2.02. The highest BCUT2D eigenvalue weighted by atomic mass is 16.5. The molecule has 0 aromatic carbocycles. The van der Waals surface area contributed by atoms with Crippen LogP contribution in [0.25, 0.3) is 0 Å². The van der Waals surface area contributed by atoms with Gasteiger partial charge in [-0.3, -0.25) is 19.2 Å². The van der Waals surface area contributed by atoms with E-state index in [0.717, 1.165) is 11.4 Å². The number of esters is 1. The highest BCUT2D eigenvalue weighted by molar-refractivity contribution is 5.73. The van der Waals surface area contributed by atoms with E-state index in [4.69, 9.17) is 5.11 Å². The summed E-state index contributed by atoms with van der Waals surface area (Å²) in [6.45, 7) is 4.54. The Morgan fingerprint density at radius 3 is 2.58 bits per heavy atom. The molecule has 7 nitrogen and oxygen atoms in total. The number of ether oxygens (including phenoxy) is 1. The van der Waals surface area contributed by atoms with Gasteiger partial charge in [0, 0.05) is 12.2 Å². The number of hydrogen-bond donors (Lipinski definition) is 1. The van der Waals surface area contributed by atoms with Gasteiger partial charge in [0.25, 0.3) is 0 Å². The SMILES string of the molecule is COC(=O)CN(CCn1nc(C)cc1C)CC(=O)O. The third-order valence-electron chi connectivity index (χ3n) is 2.67. The number of nitrogens with zero attached hydrogens (tertiary/aromatic N) is 3. The lowest BCUT2D eigenvalue weighted by Crippen LogP contribution is -2.37. The smallest absolute Gasteiger partial charge is 0.319 e. The Morgan fingerprint density at radius 2 is 2.11 bits per heavy atom. The molecule has 0 aliphatic rings. The first-order chi connectivity index (χ1) is 8.92. The van der Waals surface area contributed by atoms with Crippen LogP contribution in [0.15, 0.2) is 6.07 Å². The second-order valence-corrected chi connectivity index (χ2v) is 4.33. The van der Waals surface area contributed by atoms with Gasteiger partial charge >= 0.3 is 11.9 Å². The van der Waals surface area contributed by atoms with Crippen molar-refractivity contribution in [1.29, 1.82) is 0 Å². The lowest BCUT2D eigenvalue weighted by Gasteiger charge is -2.19. The first-order valence-electron chi connectivity index (χ1n) is 5.94. The van der Waals surface area contributed by atoms with Crippen molar-refractivity contribution in [2.24, 2.45) is 0 Å². The normalized spacial score (nSPS) is 10.7. The minimum Gasteiger partial charge on any atom is -0.480 e. The number of carboxylic acids is 1. The van der Waals surface area contributed by atoms with Crippen LogP contribution in [0, 0.1) is 13.8 Å². The number of carbonyl (C=O) groups excluding carboxylic acids is 1. The molecule has 0 fully saturated rings. The molecule has 1 N–H and O–H groups in total. The Bertz CT molecular complexity index is 456. The van der Waals surface area contributed by atoms with Crippen molar-refractivity contribution in [2.45, 2.75) is 20.4 Å². The molecule has 1 rings (SSSR count). The number of aryl methyl sites for hydroxylation is 2. The van der Waals surface area contributed by atoms with Crippen LogP contribution in [0.1, 0.15) is 11.4 Å². The molecule has 0 spiro atoms. The number of carboxylic acid groups (broad SMARTS) is 1. The fourth-order valence-electron chi connectivity index (χ4n) is 1.79. The van der Waals surface area contributed by atoms with Crippen molar-refractivity contribution in [3.8, 4) is 0 Å². The third-order valence-corrected chi connectivity index (χ3v) is 2.67. The van der Waals surface area contributed by atoms with Crippen LogP contribution in [0.5, 0.6) is 0 Å². The Morgan fingerprint density at radius 1 is 1.42 bits per heavy atom. The van der Waals surface area contributed by atoms with Crippen molar-refractivity contribution in [3.63, 3.8) is 0 Å². The predicted molar refractivity (Wildman–Crippen MR) is 67.8 cm³/mol. The van der Waals surface area contributed by atoms with Crippen LogP contribution in [0.4, 0.5) is 0 Å². The number of rotatable bonds is 7.